The fourth-order valence-electron chi connectivity index (χ4n) is 3.10. The summed E-state index contributed by atoms with van der Waals surface area (Å²) in [5.74, 6) is -0.127. The summed E-state index contributed by atoms with van der Waals surface area (Å²) < 4.78 is 10.6. The van der Waals surface area contributed by atoms with E-state index in [0.717, 1.165) is 22.3 Å². The van der Waals surface area contributed by atoms with Crippen molar-refractivity contribution in [1.29, 1.82) is 0 Å². The Kier molecular flexibility index (Phi) is 7.26. The second-order valence-electron chi connectivity index (χ2n) is 6.94. The lowest BCUT2D eigenvalue weighted by Gasteiger charge is -2.09. The van der Waals surface area contributed by atoms with Crippen LogP contribution in [0.1, 0.15) is 34.0 Å². The molecule has 0 fully saturated rings. The average molecular weight is 436 g/mol. The Bertz CT molecular complexity index is 1130. The van der Waals surface area contributed by atoms with Crippen molar-refractivity contribution in [3.8, 4) is 16.9 Å². The van der Waals surface area contributed by atoms with E-state index in [9.17, 15) is 9.59 Å². The molecule has 3 rings (SSSR count). The van der Waals surface area contributed by atoms with Gasteiger partial charge in [-0.15, -0.1) is 11.3 Å². The van der Waals surface area contributed by atoms with Crippen LogP contribution in [0.5, 0.6) is 5.75 Å². The number of esters is 1. The van der Waals surface area contributed by atoms with Crippen molar-refractivity contribution < 1.29 is 19.1 Å². The molecule has 1 amide bonds. The Balaban J connectivity index is 1.91. The second-order valence-corrected chi connectivity index (χ2v) is 7.82. The molecule has 1 aromatic heterocycles. The fourth-order valence-corrected chi connectivity index (χ4v) is 4.06. The Morgan fingerprint density at radius 3 is 2.58 bits per heavy atom. The van der Waals surface area contributed by atoms with E-state index in [0.29, 0.717) is 16.3 Å². The third kappa shape index (κ3) is 5.22. The first-order valence-corrected chi connectivity index (χ1v) is 10.8. The number of carbonyl (C=O) groups excluding carboxylic acids is 2. The lowest BCUT2D eigenvalue weighted by molar-refractivity contribution is -0.111. The SMILES string of the molecule is CCOC(=O)c1c(-c2ccc(C)c(C)c2)csc1NC(=O)C=Cc1ccccc1OC. The molecule has 160 valence electrons. The van der Waals surface area contributed by atoms with Crippen LogP contribution in [-0.4, -0.2) is 25.6 Å². The highest BCUT2D eigenvalue weighted by Gasteiger charge is 2.22. The molecule has 31 heavy (non-hydrogen) atoms. The summed E-state index contributed by atoms with van der Waals surface area (Å²) in [6, 6.07) is 13.4. The van der Waals surface area contributed by atoms with E-state index in [1.807, 2.05) is 61.7 Å². The minimum Gasteiger partial charge on any atom is -0.496 e. The summed E-state index contributed by atoms with van der Waals surface area (Å²) in [6.07, 6.45) is 3.10. The van der Waals surface area contributed by atoms with Crippen LogP contribution in [0.25, 0.3) is 17.2 Å². The van der Waals surface area contributed by atoms with Crippen LogP contribution in [0.15, 0.2) is 53.9 Å². The number of thiophene rings is 1. The molecule has 3 aromatic rings. The van der Waals surface area contributed by atoms with Crippen molar-refractivity contribution in [3.05, 3.63) is 76.2 Å². The van der Waals surface area contributed by atoms with Crippen molar-refractivity contribution in [2.24, 2.45) is 0 Å². The fraction of sp³-hybridized carbons (Fsp3) is 0.200. The first-order chi connectivity index (χ1) is 14.9. The van der Waals surface area contributed by atoms with Crippen LogP contribution in [-0.2, 0) is 9.53 Å². The van der Waals surface area contributed by atoms with Gasteiger partial charge >= 0.3 is 5.97 Å². The maximum absolute atomic E-state index is 12.7. The lowest BCUT2D eigenvalue weighted by atomic mass is 9.99. The molecule has 6 heteroatoms. The quantitative estimate of drug-likeness (QED) is 0.372. The van der Waals surface area contributed by atoms with E-state index < -0.39 is 5.97 Å². The van der Waals surface area contributed by atoms with Crippen molar-refractivity contribution in [2.45, 2.75) is 20.8 Å². The number of hydrogen-bond acceptors (Lipinski definition) is 5. The molecule has 0 bridgehead atoms. The van der Waals surface area contributed by atoms with Crippen LogP contribution < -0.4 is 10.1 Å². The number of carbonyl (C=O) groups is 2. The molecular formula is C25H25NO4S. The molecule has 1 N–H and O–H groups in total. The number of methoxy groups -OCH3 is 1. The molecule has 0 saturated carbocycles. The summed E-state index contributed by atoms with van der Waals surface area (Å²) in [5, 5.41) is 5.16. The van der Waals surface area contributed by atoms with Gasteiger partial charge in [-0.25, -0.2) is 4.79 Å². The molecule has 0 saturated heterocycles. The van der Waals surface area contributed by atoms with E-state index in [1.165, 1.54) is 23.0 Å². The van der Waals surface area contributed by atoms with Gasteiger partial charge in [0.1, 0.15) is 16.3 Å². The second kappa shape index (κ2) is 10.1. The zero-order valence-electron chi connectivity index (χ0n) is 18.0. The molecule has 5 nitrogen and oxygen atoms in total. The van der Waals surface area contributed by atoms with Crippen molar-refractivity contribution in [3.63, 3.8) is 0 Å². The number of amides is 1. The monoisotopic (exact) mass is 435 g/mol. The highest BCUT2D eigenvalue weighted by molar-refractivity contribution is 7.15. The number of benzene rings is 2. The molecule has 0 aliphatic rings. The standard InChI is InChI=1S/C25H25NO4S/c1-5-30-25(28)23-20(19-11-10-16(2)17(3)14-19)15-31-24(23)26-22(27)13-12-18-8-6-7-9-21(18)29-4/h6-15H,5H2,1-4H3,(H,26,27). The average Bonchev–Trinajstić information content (AvgIpc) is 3.18. The Labute approximate surface area is 186 Å². The minimum absolute atomic E-state index is 0.252. The van der Waals surface area contributed by atoms with Crippen molar-refractivity contribution >= 4 is 34.3 Å². The molecule has 1 heterocycles. The minimum atomic E-state index is -0.457. The van der Waals surface area contributed by atoms with Gasteiger partial charge in [0, 0.05) is 22.6 Å². The predicted octanol–water partition coefficient (Wildman–Crippen LogP) is 5.87. The van der Waals surface area contributed by atoms with Gasteiger partial charge in [0.2, 0.25) is 5.91 Å². The summed E-state index contributed by atoms with van der Waals surface area (Å²) in [5.41, 5.74) is 5.11. The lowest BCUT2D eigenvalue weighted by Crippen LogP contribution is -2.12. The van der Waals surface area contributed by atoms with Crippen LogP contribution in [0.2, 0.25) is 0 Å². The largest absolute Gasteiger partial charge is 0.496 e. The van der Waals surface area contributed by atoms with Gasteiger partial charge < -0.3 is 14.8 Å². The summed E-state index contributed by atoms with van der Waals surface area (Å²) in [7, 11) is 1.58. The van der Waals surface area contributed by atoms with E-state index >= 15 is 0 Å². The van der Waals surface area contributed by atoms with Gasteiger partial charge in [-0.1, -0.05) is 36.4 Å². The zero-order chi connectivity index (χ0) is 22.4. The molecular weight excluding hydrogens is 410 g/mol. The molecule has 0 atom stereocenters. The van der Waals surface area contributed by atoms with Gasteiger partial charge in [0.15, 0.2) is 0 Å². The Morgan fingerprint density at radius 1 is 1.10 bits per heavy atom. The van der Waals surface area contributed by atoms with E-state index in [2.05, 4.69) is 5.32 Å². The normalized spacial score (nSPS) is 10.8. The van der Waals surface area contributed by atoms with Crippen LogP contribution >= 0.6 is 11.3 Å². The highest BCUT2D eigenvalue weighted by Crippen LogP contribution is 2.37. The highest BCUT2D eigenvalue weighted by atomic mass is 32.1. The summed E-state index contributed by atoms with van der Waals surface area (Å²) in [4.78, 5) is 25.3. The maximum Gasteiger partial charge on any atom is 0.341 e. The molecule has 0 unspecified atom stereocenters. The van der Waals surface area contributed by atoms with Crippen molar-refractivity contribution in [1.82, 2.24) is 0 Å². The third-order valence-electron chi connectivity index (χ3n) is 4.88. The van der Waals surface area contributed by atoms with Gasteiger partial charge in [0.25, 0.3) is 0 Å². The summed E-state index contributed by atoms with van der Waals surface area (Å²) >= 11 is 1.30. The Hall–Kier alpha value is -3.38. The number of ether oxygens (including phenoxy) is 2. The predicted molar refractivity (Wildman–Crippen MR) is 126 cm³/mol. The van der Waals surface area contributed by atoms with E-state index in [-0.39, 0.29) is 12.5 Å². The van der Waals surface area contributed by atoms with Crippen molar-refractivity contribution in [2.75, 3.05) is 19.0 Å². The Morgan fingerprint density at radius 2 is 1.87 bits per heavy atom. The van der Waals surface area contributed by atoms with E-state index in [4.69, 9.17) is 9.47 Å². The third-order valence-corrected chi connectivity index (χ3v) is 5.77. The number of aryl methyl sites for hydroxylation is 2. The maximum atomic E-state index is 12.7. The number of hydrogen-bond donors (Lipinski definition) is 1. The van der Waals surface area contributed by atoms with Gasteiger partial charge in [-0.3, -0.25) is 4.79 Å². The topological polar surface area (TPSA) is 64.6 Å². The molecule has 2 aromatic carbocycles. The van der Waals surface area contributed by atoms with Gasteiger partial charge in [-0.05, 0) is 49.6 Å². The van der Waals surface area contributed by atoms with Crippen LogP contribution in [0.3, 0.4) is 0 Å². The zero-order valence-corrected chi connectivity index (χ0v) is 18.8. The molecule has 0 radical (unpaired) electrons. The first kappa shape index (κ1) is 22.3. The number of anilines is 1. The smallest absolute Gasteiger partial charge is 0.341 e. The molecule has 0 aliphatic heterocycles. The molecule has 0 aliphatic carbocycles. The van der Waals surface area contributed by atoms with Gasteiger partial charge in [0.05, 0.1) is 13.7 Å². The van der Waals surface area contributed by atoms with Crippen LogP contribution in [0.4, 0.5) is 5.00 Å². The van der Waals surface area contributed by atoms with E-state index in [1.54, 1.807) is 20.1 Å². The summed E-state index contributed by atoms with van der Waals surface area (Å²) in [6.45, 7) is 6.08. The first-order valence-electron chi connectivity index (χ1n) is 9.93. The van der Waals surface area contributed by atoms with Crippen LogP contribution in [0, 0.1) is 13.8 Å². The number of para-hydroxylation sites is 1. The number of nitrogens with one attached hydrogen (secondary N) is 1. The number of rotatable bonds is 7. The van der Waals surface area contributed by atoms with Gasteiger partial charge in [-0.2, -0.15) is 0 Å². The molecule has 0 spiro atoms.